The summed E-state index contributed by atoms with van der Waals surface area (Å²) in [5, 5.41) is 0. The van der Waals surface area contributed by atoms with Gasteiger partial charge < -0.3 is 14.2 Å². The summed E-state index contributed by atoms with van der Waals surface area (Å²) in [6, 6.07) is 17.0. The van der Waals surface area contributed by atoms with Gasteiger partial charge in [-0.25, -0.2) is 12.8 Å². The van der Waals surface area contributed by atoms with E-state index < -0.39 is 10.0 Å². The van der Waals surface area contributed by atoms with Gasteiger partial charge in [0, 0.05) is 12.1 Å². The molecule has 3 aromatic carbocycles. The van der Waals surface area contributed by atoms with Gasteiger partial charge in [-0.3, -0.25) is 4.72 Å². The largest absolute Gasteiger partial charge is 0.497 e. The van der Waals surface area contributed by atoms with Gasteiger partial charge in [0.05, 0.1) is 19.9 Å². The third kappa shape index (κ3) is 5.17. The number of ether oxygens (including phenoxy) is 3. The highest BCUT2D eigenvalue weighted by molar-refractivity contribution is 7.92. The quantitative estimate of drug-likeness (QED) is 0.594. The Balaban J connectivity index is 1.78. The van der Waals surface area contributed by atoms with Crippen LogP contribution in [0.1, 0.15) is 5.56 Å². The molecule has 0 aliphatic rings. The van der Waals surface area contributed by atoms with Gasteiger partial charge in [-0.05, 0) is 42.0 Å². The van der Waals surface area contributed by atoms with E-state index in [0.29, 0.717) is 17.2 Å². The van der Waals surface area contributed by atoms with Crippen molar-refractivity contribution in [2.24, 2.45) is 0 Å². The number of hydrogen-bond donors (Lipinski definition) is 1. The molecular weight excluding hydrogens is 397 g/mol. The summed E-state index contributed by atoms with van der Waals surface area (Å²) in [6.07, 6.45) is 0. The normalized spacial score (nSPS) is 11.0. The van der Waals surface area contributed by atoms with Crippen LogP contribution in [0.3, 0.4) is 0 Å². The number of benzene rings is 3. The van der Waals surface area contributed by atoms with E-state index >= 15 is 0 Å². The molecule has 0 radical (unpaired) electrons. The van der Waals surface area contributed by atoms with Crippen molar-refractivity contribution in [1.29, 1.82) is 0 Å². The van der Waals surface area contributed by atoms with E-state index in [4.69, 9.17) is 14.2 Å². The van der Waals surface area contributed by atoms with Crippen LogP contribution < -0.4 is 18.9 Å². The second-order valence-corrected chi connectivity index (χ2v) is 7.72. The predicted molar refractivity (Wildman–Crippen MR) is 108 cm³/mol. The molecule has 3 rings (SSSR count). The lowest BCUT2D eigenvalue weighted by Gasteiger charge is -2.14. The first-order valence-electron chi connectivity index (χ1n) is 8.63. The number of nitrogens with one attached hydrogen (secondary N) is 1. The number of sulfonamides is 1. The molecule has 0 aromatic heterocycles. The van der Waals surface area contributed by atoms with Gasteiger partial charge in [-0.1, -0.05) is 18.2 Å². The lowest BCUT2D eigenvalue weighted by Crippen LogP contribution is -2.14. The zero-order chi connectivity index (χ0) is 20.9. The second-order valence-electron chi connectivity index (χ2n) is 6.07. The number of methoxy groups -OCH3 is 2. The van der Waals surface area contributed by atoms with Crippen molar-refractivity contribution in [1.82, 2.24) is 0 Å². The minimum Gasteiger partial charge on any atom is -0.497 e. The van der Waals surface area contributed by atoms with Crippen LogP contribution in [-0.2, 0) is 16.6 Å². The first-order chi connectivity index (χ1) is 13.9. The molecule has 0 saturated carbocycles. The van der Waals surface area contributed by atoms with E-state index in [0.717, 1.165) is 5.56 Å². The minimum atomic E-state index is -3.93. The fourth-order valence-electron chi connectivity index (χ4n) is 2.60. The van der Waals surface area contributed by atoms with Gasteiger partial charge in [0.1, 0.15) is 34.6 Å². The topological polar surface area (TPSA) is 73.9 Å². The van der Waals surface area contributed by atoms with Gasteiger partial charge in [-0.15, -0.1) is 0 Å². The van der Waals surface area contributed by atoms with Crippen molar-refractivity contribution >= 4 is 15.7 Å². The summed E-state index contributed by atoms with van der Waals surface area (Å²) in [4.78, 5) is -0.0445. The Kier molecular flexibility index (Phi) is 6.23. The van der Waals surface area contributed by atoms with Crippen molar-refractivity contribution in [2.45, 2.75) is 11.5 Å². The Hall–Kier alpha value is -3.26. The van der Waals surface area contributed by atoms with Crippen LogP contribution in [-0.4, -0.2) is 22.6 Å². The molecule has 3 aromatic rings. The lowest BCUT2D eigenvalue weighted by atomic mass is 10.2. The number of rotatable bonds is 8. The fraction of sp³-hybridized carbons (Fsp3) is 0.143. The highest BCUT2D eigenvalue weighted by atomic mass is 32.2. The second kappa shape index (κ2) is 8.83. The van der Waals surface area contributed by atoms with Crippen LogP contribution in [0.25, 0.3) is 0 Å². The minimum absolute atomic E-state index is 0.0445. The fourth-order valence-corrected chi connectivity index (χ4v) is 3.84. The molecule has 0 amide bonds. The summed E-state index contributed by atoms with van der Waals surface area (Å²) in [6.45, 7) is 0.222. The highest BCUT2D eigenvalue weighted by Crippen LogP contribution is 2.30. The van der Waals surface area contributed by atoms with Crippen LogP contribution in [0, 0.1) is 5.82 Å². The van der Waals surface area contributed by atoms with E-state index in [1.54, 1.807) is 42.5 Å². The number of hydrogen-bond acceptors (Lipinski definition) is 5. The summed E-state index contributed by atoms with van der Waals surface area (Å²) < 4.78 is 57.1. The molecule has 29 heavy (non-hydrogen) atoms. The van der Waals surface area contributed by atoms with Gasteiger partial charge >= 0.3 is 0 Å². The molecule has 0 heterocycles. The smallest absolute Gasteiger partial charge is 0.265 e. The van der Waals surface area contributed by atoms with Gasteiger partial charge in [-0.2, -0.15) is 0 Å². The molecule has 8 heteroatoms. The van der Waals surface area contributed by atoms with E-state index in [1.807, 2.05) is 0 Å². The molecule has 0 atom stereocenters. The van der Waals surface area contributed by atoms with Gasteiger partial charge in [0.25, 0.3) is 10.0 Å². The van der Waals surface area contributed by atoms with E-state index in [2.05, 4.69) is 4.72 Å². The zero-order valence-corrected chi connectivity index (χ0v) is 16.7. The standard InChI is InChI=1S/C21H20FNO5S/c1-26-18-10-11-20(27-2)21(13-18)29(24,25)23-17-4-3-5-19(12-17)28-14-15-6-8-16(22)9-7-15/h3-13,23H,14H2,1-2H3. The molecule has 0 aliphatic heterocycles. The maximum absolute atomic E-state index is 13.0. The van der Waals surface area contributed by atoms with Crippen molar-refractivity contribution in [3.05, 3.63) is 78.1 Å². The molecule has 0 unspecified atom stereocenters. The Morgan fingerprint density at radius 1 is 0.897 bits per heavy atom. The Labute approximate surface area is 168 Å². The van der Waals surface area contributed by atoms with Crippen LogP contribution in [0.15, 0.2) is 71.6 Å². The number of halogens is 1. The Morgan fingerprint density at radius 3 is 2.34 bits per heavy atom. The highest BCUT2D eigenvalue weighted by Gasteiger charge is 2.21. The van der Waals surface area contributed by atoms with Gasteiger partial charge in [0.15, 0.2) is 0 Å². The van der Waals surface area contributed by atoms with E-state index in [9.17, 15) is 12.8 Å². The van der Waals surface area contributed by atoms with Crippen molar-refractivity contribution in [2.75, 3.05) is 18.9 Å². The third-order valence-electron chi connectivity index (χ3n) is 4.07. The molecular formula is C21H20FNO5S. The molecule has 0 spiro atoms. The molecule has 1 N–H and O–H groups in total. The summed E-state index contributed by atoms with van der Waals surface area (Å²) in [5.41, 5.74) is 1.12. The van der Waals surface area contributed by atoms with Crippen molar-refractivity contribution in [3.63, 3.8) is 0 Å². The molecule has 0 fully saturated rings. The van der Waals surface area contributed by atoms with Crippen LogP contribution in [0.2, 0.25) is 0 Å². The van der Waals surface area contributed by atoms with E-state index in [1.165, 1.54) is 38.5 Å². The predicted octanol–water partition coefficient (Wildman–Crippen LogP) is 4.22. The van der Waals surface area contributed by atoms with E-state index in [-0.39, 0.29) is 23.1 Å². The number of anilines is 1. The maximum Gasteiger partial charge on any atom is 0.265 e. The summed E-state index contributed by atoms with van der Waals surface area (Å²) in [5.74, 6) is 0.731. The zero-order valence-electron chi connectivity index (χ0n) is 15.9. The first kappa shape index (κ1) is 20.5. The monoisotopic (exact) mass is 417 g/mol. The lowest BCUT2D eigenvalue weighted by molar-refractivity contribution is 0.306. The van der Waals surface area contributed by atoms with Crippen LogP contribution in [0.4, 0.5) is 10.1 Å². The van der Waals surface area contributed by atoms with Crippen LogP contribution in [0.5, 0.6) is 17.2 Å². The van der Waals surface area contributed by atoms with Crippen LogP contribution >= 0.6 is 0 Å². The van der Waals surface area contributed by atoms with Gasteiger partial charge in [0.2, 0.25) is 0 Å². The average Bonchev–Trinajstić information content (AvgIpc) is 2.73. The summed E-state index contributed by atoms with van der Waals surface area (Å²) in [7, 11) is -1.08. The molecule has 152 valence electrons. The van der Waals surface area contributed by atoms with Crippen molar-refractivity contribution < 1.29 is 27.0 Å². The molecule has 6 nitrogen and oxygen atoms in total. The van der Waals surface area contributed by atoms with Crippen molar-refractivity contribution in [3.8, 4) is 17.2 Å². The average molecular weight is 417 g/mol. The molecule has 0 aliphatic carbocycles. The SMILES string of the molecule is COc1ccc(OC)c(S(=O)(=O)Nc2cccc(OCc3ccc(F)cc3)c2)c1. The summed E-state index contributed by atoms with van der Waals surface area (Å²) >= 11 is 0. The molecule has 0 saturated heterocycles. The maximum atomic E-state index is 13.0. The molecule has 0 bridgehead atoms. The first-order valence-corrected chi connectivity index (χ1v) is 10.1. The Bertz CT molecular complexity index is 1080. The third-order valence-corrected chi connectivity index (χ3v) is 5.47. The Morgan fingerprint density at radius 2 is 1.66 bits per heavy atom.